The van der Waals surface area contributed by atoms with E-state index in [1.54, 1.807) is 6.07 Å². The lowest BCUT2D eigenvalue weighted by molar-refractivity contribution is 0.620. The van der Waals surface area contributed by atoms with E-state index in [-0.39, 0.29) is 5.82 Å². The van der Waals surface area contributed by atoms with Gasteiger partial charge in [0.2, 0.25) is 0 Å². The van der Waals surface area contributed by atoms with E-state index >= 15 is 0 Å². The van der Waals surface area contributed by atoms with E-state index in [2.05, 4.69) is 12.1 Å². The fraction of sp³-hybridized carbons (Fsp3) is 0.250. The molecule has 3 heteroatoms. The van der Waals surface area contributed by atoms with Gasteiger partial charge in [0.1, 0.15) is 5.82 Å². The summed E-state index contributed by atoms with van der Waals surface area (Å²) in [6, 6.07) is 15.2. The summed E-state index contributed by atoms with van der Waals surface area (Å²) in [5.41, 5.74) is 2.68. The van der Waals surface area contributed by atoms with Crippen molar-refractivity contribution in [2.75, 3.05) is 18.5 Å². The van der Waals surface area contributed by atoms with Crippen LogP contribution in [-0.4, -0.2) is 13.6 Å². The van der Waals surface area contributed by atoms with Gasteiger partial charge >= 0.3 is 0 Å². The Hall–Kier alpha value is -1.54. The number of rotatable bonds is 5. The van der Waals surface area contributed by atoms with Gasteiger partial charge < -0.3 is 4.90 Å². The average Bonchev–Trinajstić information content (AvgIpc) is 2.45. The predicted molar refractivity (Wildman–Crippen MR) is 79.4 cm³/mol. The van der Waals surface area contributed by atoms with Crippen molar-refractivity contribution in [3.05, 3.63) is 65.5 Å². The molecule has 0 aromatic heterocycles. The second-order valence-corrected chi connectivity index (χ2v) is 4.81. The molecule has 0 heterocycles. The summed E-state index contributed by atoms with van der Waals surface area (Å²) in [6.45, 7) is 0.759. The fourth-order valence-electron chi connectivity index (χ4n) is 2.15. The summed E-state index contributed by atoms with van der Waals surface area (Å²) in [5.74, 6) is 0.108. The highest BCUT2D eigenvalue weighted by molar-refractivity contribution is 6.17. The number of hydrogen-bond donors (Lipinski definition) is 0. The molecular formula is C16H17ClFN. The summed E-state index contributed by atoms with van der Waals surface area (Å²) in [6.07, 6.45) is 0.882. The summed E-state index contributed by atoms with van der Waals surface area (Å²) >= 11 is 5.87. The molecule has 0 aliphatic rings. The lowest BCUT2D eigenvalue weighted by Crippen LogP contribution is -2.22. The van der Waals surface area contributed by atoms with Crippen LogP contribution in [-0.2, 0) is 12.3 Å². The van der Waals surface area contributed by atoms with Crippen LogP contribution < -0.4 is 4.90 Å². The first kappa shape index (κ1) is 13.9. The van der Waals surface area contributed by atoms with E-state index < -0.39 is 0 Å². The van der Waals surface area contributed by atoms with Gasteiger partial charge in [-0.25, -0.2) is 4.39 Å². The first-order valence-corrected chi connectivity index (χ1v) is 6.84. The number of nitrogens with zero attached hydrogens (tertiary/aromatic N) is 1. The number of likely N-dealkylation sites (N-methyl/N-ethyl adjacent to an activating group) is 1. The molecule has 2 aromatic rings. The van der Waals surface area contributed by atoms with Gasteiger partial charge in [-0.2, -0.15) is 0 Å². The van der Waals surface area contributed by atoms with Crippen LogP contribution in [0.25, 0.3) is 0 Å². The van der Waals surface area contributed by atoms with Crippen molar-refractivity contribution in [1.29, 1.82) is 0 Å². The zero-order valence-corrected chi connectivity index (χ0v) is 11.7. The minimum absolute atomic E-state index is 0.214. The molecule has 0 saturated heterocycles. The highest BCUT2D eigenvalue weighted by Gasteiger charge is 2.12. The molecule has 0 unspecified atom stereocenters. The lowest BCUT2D eigenvalue weighted by atomic mass is 10.1. The van der Waals surface area contributed by atoms with Crippen molar-refractivity contribution in [1.82, 2.24) is 0 Å². The van der Waals surface area contributed by atoms with Gasteiger partial charge in [0, 0.05) is 19.5 Å². The molecule has 0 saturated carbocycles. The third-order valence-electron chi connectivity index (χ3n) is 3.17. The number of alkyl halides is 1. The molecule has 0 atom stereocenters. The van der Waals surface area contributed by atoms with Crippen LogP contribution in [0.15, 0.2) is 48.5 Å². The second-order valence-electron chi connectivity index (χ2n) is 4.54. The summed E-state index contributed by atoms with van der Waals surface area (Å²) < 4.78 is 13.9. The zero-order chi connectivity index (χ0) is 13.7. The Morgan fingerprint density at radius 1 is 1.05 bits per heavy atom. The molecule has 0 radical (unpaired) electrons. The van der Waals surface area contributed by atoms with Gasteiger partial charge in [0.15, 0.2) is 0 Å². The molecule has 0 fully saturated rings. The molecule has 2 aromatic carbocycles. The van der Waals surface area contributed by atoms with Gasteiger partial charge in [-0.15, -0.1) is 11.6 Å². The molecule has 0 aliphatic carbocycles. The largest absolute Gasteiger partial charge is 0.372 e. The molecular weight excluding hydrogens is 261 g/mol. The SMILES string of the molecule is CN(CCc1ccccc1)c1c(F)cccc1CCl. The molecule has 0 N–H and O–H groups in total. The van der Waals surface area contributed by atoms with E-state index in [1.807, 2.05) is 36.2 Å². The fourth-order valence-corrected chi connectivity index (χ4v) is 2.36. The predicted octanol–water partition coefficient (Wildman–Crippen LogP) is 4.24. The molecule has 0 bridgehead atoms. The van der Waals surface area contributed by atoms with Crippen molar-refractivity contribution in [2.24, 2.45) is 0 Å². The Kier molecular flexibility index (Phi) is 4.80. The van der Waals surface area contributed by atoms with Gasteiger partial charge in [0.25, 0.3) is 0 Å². The Morgan fingerprint density at radius 3 is 2.47 bits per heavy atom. The van der Waals surface area contributed by atoms with Crippen LogP contribution in [0, 0.1) is 5.82 Å². The second kappa shape index (κ2) is 6.58. The molecule has 1 nitrogen and oxygen atoms in total. The molecule has 2 rings (SSSR count). The maximum absolute atomic E-state index is 13.9. The molecule has 0 spiro atoms. The van der Waals surface area contributed by atoms with Gasteiger partial charge in [0.05, 0.1) is 5.69 Å². The van der Waals surface area contributed by atoms with E-state index in [0.29, 0.717) is 11.6 Å². The van der Waals surface area contributed by atoms with Crippen molar-refractivity contribution in [3.8, 4) is 0 Å². The lowest BCUT2D eigenvalue weighted by Gasteiger charge is -2.22. The smallest absolute Gasteiger partial charge is 0.146 e. The molecule has 19 heavy (non-hydrogen) atoms. The quantitative estimate of drug-likeness (QED) is 0.739. The summed E-state index contributed by atoms with van der Waals surface area (Å²) in [4.78, 5) is 1.93. The standard InChI is InChI=1S/C16H17ClFN/c1-19(11-10-13-6-3-2-4-7-13)16-14(12-17)8-5-9-15(16)18/h2-9H,10-12H2,1H3. The van der Waals surface area contributed by atoms with Crippen molar-refractivity contribution in [2.45, 2.75) is 12.3 Å². The summed E-state index contributed by atoms with van der Waals surface area (Å²) in [7, 11) is 1.90. The number of hydrogen-bond acceptors (Lipinski definition) is 1. The Labute approximate surface area is 118 Å². The molecule has 0 aliphatic heterocycles. The van der Waals surface area contributed by atoms with Crippen LogP contribution in [0.4, 0.5) is 10.1 Å². The number of para-hydroxylation sites is 1. The van der Waals surface area contributed by atoms with Gasteiger partial charge in [-0.1, -0.05) is 42.5 Å². The first-order chi connectivity index (χ1) is 9.22. The minimum atomic E-state index is -0.214. The van der Waals surface area contributed by atoms with Gasteiger partial charge in [-0.3, -0.25) is 0 Å². The number of halogens is 2. The van der Waals surface area contributed by atoms with Crippen molar-refractivity contribution >= 4 is 17.3 Å². The first-order valence-electron chi connectivity index (χ1n) is 6.31. The maximum atomic E-state index is 13.9. The summed E-state index contributed by atoms with van der Waals surface area (Å²) in [5, 5.41) is 0. The topological polar surface area (TPSA) is 3.24 Å². The molecule has 0 amide bonds. The van der Waals surface area contributed by atoms with Crippen LogP contribution >= 0.6 is 11.6 Å². The highest BCUT2D eigenvalue weighted by Crippen LogP contribution is 2.25. The molecule has 100 valence electrons. The number of anilines is 1. The Balaban J connectivity index is 2.10. The van der Waals surface area contributed by atoms with Crippen molar-refractivity contribution < 1.29 is 4.39 Å². The third kappa shape index (κ3) is 3.48. The maximum Gasteiger partial charge on any atom is 0.146 e. The normalized spacial score (nSPS) is 10.5. The number of benzene rings is 2. The Bertz CT molecular complexity index is 528. The zero-order valence-electron chi connectivity index (χ0n) is 10.9. The van der Waals surface area contributed by atoms with Crippen molar-refractivity contribution in [3.63, 3.8) is 0 Å². The van der Waals surface area contributed by atoms with Crippen LogP contribution in [0.1, 0.15) is 11.1 Å². The Morgan fingerprint density at radius 2 is 1.79 bits per heavy atom. The van der Waals surface area contributed by atoms with Crippen LogP contribution in [0.5, 0.6) is 0 Å². The van der Waals surface area contributed by atoms with E-state index in [4.69, 9.17) is 11.6 Å². The average molecular weight is 278 g/mol. The third-order valence-corrected chi connectivity index (χ3v) is 3.46. The van der Waals surface area contributed by atoms with E-state index in [0.717, 1.165) is 18.5 Å². The van der Waals surface area contributed by atoms with E-state index in [1.165, 1.54) is 11.6 Å². The monoisotopic (exact) mass is 277 g/mol. The van der Waals surface area contributed by atoms with E-state index in [9.17, 15) is 4.39 Å². The van der Waals surface area contributed by atoms with Crippen LogP contribution in [0.2, 0.25) is 0 Å². The highest BCUT2D eigenvalue weighted by atomic mass is 35.5. The van der Waals surface area contributed by atoms with Gasteiger partial charge in [-0.05, 0) is 23.6 Å². The van der Waals surface area contributed by atoms with Crippen LogP contribution in [0.3, 0.4) is 0 Å². The minimum Gasteiger partial charge on any atom is -0.372 e.